The van der Waals surface area contributed by atoms with Crippen LogP contribution in [0.3, 0.4) is 0 Å². The van der Waals surface area contributed by atoms with Crippen molar-refractivity contribution < 1.29 is 19.1 Å². The number of carbonyl (C=O) groups excluding carboxylic acids is 2. The Labute approximate surface area is 176 Å². The van der Waals surface area contributed by atoms with Gasteiger partial charge in [0.2, 0.25) is 0 Å². The van der Waals surface area contributed by atoms with Gasteiger partial charge < -0.3 is 20.1 Å². The molecule has 29 heavy (non-hydrogen) atoms. The first kappa shape index (κ1) is 19.1. The minimum Gasteiger partial charge on any atom is -0.484 e. The molecule has 1 aliphatic heterocycles. The number of halogens is 2. The van der Waals surface area contributed by atoms with Gasteiger partial charge in [0, 0.05) is 15.7 Å². The highest BCUT2D eigenvalue weighted by atomic mass is 35.5. The summed E-state index contributed by atoms with van der Waals surface area (Å²) in [7, 11) is 0. The van der Waals surface area contributed by atoms with E-state index in [0.29, 0.717) is 38.7 Å². The average Bonchev–Trinajstić information content (AvgIpc) is 2.83. The maximum Gasteiger partial charge on any atom is 0.262 e. The maximum atomic E-state index is 12.6. The van der Waals surface area contributed by atoms with Gasteiger partial charge >= 0.3 is 0 Å². The van der Waals surface area contributed by atoms with E-state index in [-0.39, 0.29) is 24.0 Å². The van der Waals surface area contributed by atoms with E-state index in [1.165, 1.54) is 0 Å². The Balaban J connectivity index is 1.46. The number of hydrogen-bond donors (Lipinski definition) is 2. The Bertz CT molecular complexity index is 1100. The Hall–Kier alpha value is -3.22. The Morgan fingerprint density at radius 3 is 2.48 bits per heavy atom. The zero-order valence-corrected chi connectivity index (χ0v) is 16.4. The summed E-state index contributed by atoms with van der Waals surface area (Å²) >= 11 is 11.8. The van der Waals surface area contributed by atoms with Crippen LogP contribution in [0.15, 0.2) is 60.7 Å². The molecule has 146 valence electrons. The lowest BCUT2D eigenvalue weighted by Crippen LogP contribution is -2.20. The summed E-state index contributed by atoms with van der Waals surface area (Å²) in [6, 6.07) is 16.4. The van der Waals surface area contributed by atoms with Crippen molar-refractivity contribution in [3.8, 4) is 17.2 Å². The number of ether oxygens (including phenoxy) is 2. The van der Waals surface area contributed by atoms with Gasteiger partial charge in [-0.3, -0.25) is 9.59 Å². The Morgan fingerprint density at radius 1 is 0.966 bits per heavy atom. The molecule has 0 radical (unpaired) electrons. The lowest BCUT2D eigenvalue weighted by Gasteiger charge is -2.10. The van der Waals surface area contributed by atoms with E-state index in [2.05, 4.69) is 10.6 Å². The summed E-state index contributed by atoms with van der Waals surface area (Å²) in [4.78, 5) is 24.8. The molecule has 3 aromatic rings. The van der Waals surface area contributed by atoms with Gasteiger partial charge in [0.05, 0.1) is 11.3 Å². The van der Waals surface area contributed by atoms with Crippen molar-refractivity contribution in [2.24, 2.45) is 0 Å². The fourth-order valence-electron chi connectivity index (χ4n) is 2.75. The van der Waals surface area contributed by atoms with Crippen LogP contribution in [-0.4, -0.2) is 18.4 Å². The average molecular weight is 429 g/mol. The molecular formula is C21H14Cl2N2O4. The van der Waals surface area contributed by atoms with E-state index in [9.17, 15) is 9.59 Å². The molecule has 0 aliphatic carbocycles. The molecule has 3 aromatic carbocycles. The number of amides is 2. The molecule has 0 spiro atoms. The number of nitrogens with one attached hydrogen (secondary N) is 2. The highest BCUT2D eigenvalue weighted by molar-refractivity contribution is 6.31. The van der Waals surface area contributed by atoms with Crippen LogP contribution in [0, 0.1) is 0 Å². The van der Waals surface area contributed by atoms with Crippen LogP contribution in [-0.2, 0) is 4.79 Å². The van der Waals surface area contributed by atoms with Crippen molar-refractivity contribution >= 4 is 46.4 Å². The van der Waals surface area contributed by atoms with Gasteiger partial charge in [0.15, 0.2) is 12.4 Å². The molecule has 0 saturated heterocycles. The summed E-state index contributed by atoms with van der Waals surface area (Å²) in [5.41, 5.74) is 1.20. The monoisotopic (exact) mass is 428 g/mol. The normalized spacial score (nSPS) is 12.0. The molecule has 0 aromatic heterocycles. The maximum absolute atomic E-state index is 12.6. The van der Waals surface area contributed by atoms with Gasteiger partial charge in [-0.15, -0.1) is 0 Å². The van der Waals surface area contributed by atoms with E-state index in [4.69, 9.17) is 32.7 Å². The standard InChI is InChI=1S/C21H14Cl2N2O4/c22-12-1-5-15(6-2-12)28-11-20(26)24-14-4-8-18-16(10-14)21(27)25-17-9-13(23)3-7-19(17)29-18/h1-10H,11H2,(H,24,26)(H,25,27). The Kier molecular flexibility index (Phi) is 5.29. The largest absolute Gasteiger partial charge is 0.484 e. The number of fused-ring (bicyclic) bond motifs is 2. The SMILES string of the molecule is O=C(COc1ccc(Cl)cc1)Nc1ccc2c(c1)C(=O)Nc1cc(Cl)ccc1O2. The second-order valence-corrected chi connectivity index (χ2v) is 7.07. The van der Waals surface area contributed by atoms with E-state index < -0.39 is 0 Å². The Morgan fingerprint density at radius 2 is 1.69 bits per heavy atom. The third kappa shape index (κ3) is 4.45. The van der Waals surface area contributed by atoms with Crippen LogP contribution < -0.4 is 20.1 Å². The fourth-order valence-corrected chi connectivity index (χ4v) is 3.05. The highest BCUT2D eigenvalue weighted by Crippen LogP contribution is 2.37. The quantitative estimate of drug-likeness (QED) is 0.585. The molecule has 2 amide bonds. The van der Waals surface area contributed by atoms with E-state index in [0.717, 1.165) is 0 Å². The summed E-state index contributed by atoms with van der Waals surface area (Å²) in [6.07, 6.45) is 0. The van der Waals surface area contributed by atoms with E-state index >= 15 is 0 Å². The summed E-state index contributed by atoms with van der Waals surface area (Å²) < 4.78 is 11.2. The van der Waals surface area contributed by atoms with Crippen molar-refractivity contribution in [3.63, 3.8) is 0 Å². The molecule has 1 aliphatic rings. The summed E-state index contributed by atoms with van der Waals surface area (Å²) in [6.45, 7) is -0.189. The van der Waals surface area contributed by atoms with Crippen LogP contribution in [0.2, 0.25) is 10.0 Å². The smallest absolute Gasteiger partial charge is 0.262 e. The van der Waals surface area contributed by atoms with Crippen molar-refractivity contribution in [2.45, 2.75) is 0 Å². The first-order valence-electron chi connectivity index (χ1n) is 8.59. The van der Waals surface area contributed by atoms with Crippen LogP contribution in [0.25, 0.3) is 0 Å². The third-order valence-corrected chi connectivity index (χ3v) is 4.59. The second-order valence-electron chi connectivity index (χ2n) is 6.20. The third-order valence-electron chi connectivity index (χ3n) is 4.10. The molecule has 0 fully saturated rings. The lowest BCUT2D eigenvalue weighted by molar-refractivity contribution is -0.118. The van der Waals surface area contributed by atoms with Crippen molar-refractivity contribution in [2.75, 3.05) is 17.2 Å². The van der Waals surface area contributed by atoms with Crippen LogP contribution in [0.1, 0.15) is 10.4 Å². The minimum atomic E-state index is -0.370. The fraction of sp³-hybridized carbons (Fsp3) is 0.0476. The molecule has 0 bridgehead atoms. The second kappa shape index (κ2) is 8.03. The number of carbonyl (C=O) groups is 2. The summed E-state index contributed by atoms with van der Waals surface area (Å²) in [5, 5.41) is 6.51. The van der Waals surface area contributed by atoms with Gasteiger partial charge in [-0.05, 0) is 60.7 Å². The number of anilines is 2. The molecule has 2 N–H and O–H groups in total. The predicted molar refractivity (Wildman–Crippen MR) is 111 cm³/mol. The molecule has 6 nitrogen and oxygen atoms in total. The number of hydrogen-bond acceptors (Lipinski definition) is 4. The molecular weight excluding hydrogens is 415 g/mol. The number of benzene rings is 3. The van der Waals surface area contributed by atoms with Gasteiger partial charge in [0.25, 0.3) is 11.8 Å². The highest BCUT2D eigenvalue weighted by Gasteiger charge is 2.21. The van der Waals surface area contributed by atoms with Crippen molar-refractivity contribution in [1.82, 2.24) is 0 Å². The molecule has 0 unspecified atom stereocenters. The molecule has 4 rings (SSSR count). The molecule has 8 heteroatoms. The van der Waals surface area contributed by atoms with Crippen LogP contribution in [0.5, 0.6) is 17.2 Å². The van der Waals surface area contributed by atoms with Crippen LogP contribution >= 0.6 is 23.2 Å². The zero-order valence-electron chi connectivity index (χ0n) is 14.9. The lowest BCUT2D eigenvalue weighted by atomic mass is 10.1. The van der Waals surface area contributed by atoms with E-state index in [1.807, 2.05) is 0 Å². The number of rotatable bonds is 4. The van der Waals surface area contributed by atoms with Gasteiger partial charge in [-0.1, -0.05) is 23.2 Å². The van der Waals surface area contributed by atoms with E-state index in [1.54, 1.807) is 60.7 Å². The first-order valence-corrected chi connectivity index (χ1v) is 9.34. The van der Waals surface area contributed by atoms with Gasteiger partial charge in [-0.25, -0.2) is 0 Å². The molecule has 1 heterocycles. The predicted octanol–water partition coefficient (Wildman–Crippen LogP) is 5.37. The molecule has 0 saturated carbocycles. The first-order chi connectivity index (χ1) is 14.0. The summed E-state index contributed by atoms with van der Waals surface area (Å²) in [5.74, 6) is 0.642. The van der Waals surface area contributed by atoms with Crippen molar-refractivity contribution in [1.29, 1.82) is 0 Å². The van der Waals surface area contributed by atoms with Gasteiger partial charge in [-0.2, -0.15) is 0 Å². The van der Waals surface area contributed by atoms with Gasteiger partial charge in [0.1, 0.15) is 11.5 Å². The van der Waals surface area contributed by atoms with Crippen molar-refractivity contribution in [3.05, 3.63) is 76.3 Å². The van der Waals surface area contributed by atoms with Crippen LogP contribution in [0.4, 0.5) is 11.4 Å². The minimum absolute atomic E-state index is 0.189. The topological polar surface area (TPSA) is 76.7 Å². The zero-order chi connectivity index (χ0) is 20.4. The molecule has 0 atom stereocenters.